The normalized spacial score (nSPS) is 12.1. The van der Waals surface area contributed by atoms with E-state index >= 15 is 0 Å². The van der Waals surface area contributed by atoms with Crippen LogP contribution in [0.1, 0.15) is 24.1 Å². The number of aromatic nitrogens is 1. The maximum absolute atomic E-state index is 5.63. The molecule has 0 fully saturated rings. The highest BCUT2D eigenvalue weighted by atomic mass is 16.5. The van der Waals surface area contributed by atoms with Gasteiger partial charge in [0.2, 0.25) is 0 Å². The molecule has 1 atom stereocenters. The van der Waals surface area contributed by atoms with E-state index in [9.17, 15) is 0 Å². The maximum atomic E-state index is 5.63. The van der Waals surface area contributed by atoms with Gasteiger partial charge >= 0.3 is 0 Å². The van der Waals surface area contributed by atoms with E-state index in [1.165, 1.54) is 0 Å². The van der Waals surface area contributed by atoms with Gasteiger partial charge in [0.05, 0.1) is 12.6 Å². The molecule has 0 aliphatic rings. The van der Waals surface area contributed by atoms with Gasteiger partial charge in [0, 0.05) is 12.4 Å². The number of ether oxygens (including phenoxy) is 1. The standard InChI is InChI=1S/C14H17N3O/c1-2-18-13-5-3-11(4-6-13)14(17-15)12-7-9-16-10-8-12/h3-10,14,17H,2,15H2,1H3. The van der Waals surface area contributed by atoms with Gasteiger partial charge < -0.3 is 4.74 Å². The van der Waals surface area contributed by atoms with Crippen LogP contribution in [0.25, 0.3) is 0 Å². The fourth-order valence-electron chi connectivity index (χ4n) is 1.86. The first-order valence-electron chi connectivity index (χ1n) is 5.94. The molecule has 0 saturated carbocycles. The lowest BCUT2D eigenvalue weighted by molar-refractivity contribution is 0.340. The van der Waals surface area contributed by atoms with Crippen molar-refractivity contribution in [2.75, 3.05) is 6.61 Å². The number of nitrogens with one attached hydrogen (secondary N) is 1. The second-order valence-corrected chi connectivity index (χ2v) is 3.88. The molecule has 2 aromatic rings. The van der Waals surface area contributed by atoms with Crippen molar-refractivity contribution >= 4 is 0 Å². The number of benzene rings is 1. The summed E-state index contributed by atoms with van der Waals surface area (Å²) in [5, 5.41) is 0. The summed E-state index contributed by atoms with van der Waals surface area (Å²) in [5.74, 6) is 6.50. The molecule has 1 unspecified atom stereocenters. The summed E-state index contributed by atoms with van der Waals surface area (Å²) in [4.78, 5) is 4.01. The Labute approximate surface area is 107 Å². The van der Waals surface area contributed by atoms with E-state index in [0.717, 1.165) is 16.9 Å². The van der Waals surface area contributed by atoms with E-state index in [-0.39, 0.29) is 6.04 Å². The van der Waals surface area contributed by atoms with Crippen LogP contribution in [-0.4, -0.2) is 11.6 Å². The SMILES string of the molecule is CCOc1ccc(C(NN)c2ccncc2)cc1. The Morgan fingerprint density at radius 2 is 1.72 bits per heavy atom. The lowest BCUT2D eigenvalue weighted by atomic mass is 10.0. The molecule has 0 bridgehead atoms. The average Bonchev–Trinajstić information content (AvgIpc) is 2.43. The fraction of sp³-hybridized carbons (Fsp3) is 0.214. The molecule has 2 rings (SSSR count). The first-order chi connectivity index (χ1) is 8.85. The number of pyridine rings is 1. The van der Waals surface area contributed by atoms with Gasteiger partial charge in [-0.2, -0.15) is 0 Å². The molecular formula is C14H17N3O. The smallest absolute Gasteiger partial charge is 0.119 e. The third kappa shape index (κ3) is 2.85. The zero-order valence-electron chi connectivity index (χ0n) is 10.3. The van der Waals surface area contributed by atoms with Crippen LogP contribution in [0.15, 0.2) is 48.8 Å². The van der Waals surface area contributed by atoms with Gasteiger partial charge in [-0.15, -0.1) is 0 Å². The molecule has 0 aliphatic heterocycles. The molecule has 0 aliphatic carbocycles. The van der Waals surface area contributed by atoms with Crippen LogP contribution in [0, 0.1) is 0 Å². The minimum atomic E-state index is -0.0383. The Hall–Kier alpha value is -1.91. The van der Waals surface area contributed by atoms with E-state index in [1.54, 1.807) is 12.4 Å². The number of hydrazine groups is 1. The van der Waals surface area contributed by atoms with Gasteiger partial charge in [-0.25, -0.2) is 5.43 Å². The Morgan fingerprint density at radius 3 is 2.28 bits per heavy atom. The highest BCUT2D eigenvalue weighted by molar-refractivity contribution is 5.34. The lowest BCUT2D eigenvalue weighted by Crippen LogP contribution is -2.28. The van der Waals surface area contributed by atoms with Crippen molar-refractivity contribution in [3.63, 3.8) is 0 Å². The number of nitrogens with zero attached hydrogens (tertiary/aromatic N) is 1. The predicted octanol–water partition coefficient (Wildman–Crippen LogP) is 2.03. The summed E-state index contributed by atoms with van der Waals surface area (Å²) in [6.45, 7) is 2.64. The Kier molecular flexibility index (Phi) is 4.28. The van der Waals surface area contributed by atoms with E-state index in [4.69, 9.17) is 10.6 Å². The summed E-state index contributed by atoms with van der Waals surface area (Å²) < 4.78 is 5.42. The molecule has 1 heterocycles. The van der Waals surface area contributed by atoms with Gasteiger partial charge in [0.15, 0.2) is 0 Å². The van der Waals surface area contributed by atoms with Crippen LogP contribution >= 0.6 is 0 Å². The Morgan fingerprint density at radius 1 is 1.11 bits per heavy atom. The van der Waals surface area contributed by atoms with E-state index < -0.39 is 0 Å². The van der Waals surface area contributed by atoms with Crippen LogP contribution in [-0.2, 0) is 0 Å². The predicted molar refractivity (Wildman–Crippen MR) is 71.0 cm³/mol. The Balaban J connectivity index is 2.23. The lowest BCUT2D eigenvalue weighted by Gasteiger charge is -2.17. The molecule has 94 valence electrons. The van der Waals surface area contributed by atoms with E-state index in [2.05, 4.69) is 10.4 Å². The third-order valence-electron chi connectivity index (χ3n) is 2.73. The highest BCUT2D eigenvalue weighted by Gasteiger charge is 2.11. The van der Waals surface area contributed by atoms with E-state index in [0.29, 0.717) is 6.61 Å². The van der Waals surface area contributed by atoms with E-state index in [1.807, 2.05) is 43.3 Å². The molecule has 0 saturated heterocycles. The highest BCUT2D eigenvalue weighted by Crippen LogP contribution is 2.22. The third-order valence-corrected chi connectivity index (χ3v) is 2.73. The molecule has 3 N–H and O–H groups in total. The summed E-state index contributed by atoms with van der Waals surface area (Å²) in [6, 6.07) is 11.8. The molecule has 0 spiro atoms. The molecule has 1 aromatic carbocycles. The van der Waals surface area contributed by atoms with Gasteiger partial charge in [-0.3, -0.25) is 10.8 Å². The number of rotatable bonds is 5. The second kappa shape index (κ2) is 6.14. The van der Waals surface area contributed by atoms with Gasteiger partial charge in [0.1, 0.15) is 5.75 Å². The van der Waals surface area contributed by atoms with Crippen molar-refractivity contribution < 1.29 is 4.74 Å². The second-order valence-electron chi connectivity index (χ2n) is 3.88. The van der Waals surface area contributed by atoms with Crippen molar-refractivity contribution in [3.8, 4) is 5.75 Å². The molecule has 18 heavy (non-hydrogen) atoms. The first kappa shape index (κ1) is 12.5. The van der Waals surface area contributed by atoms with Crippen LogP contribution in [0.3, 0.4) is 0 Å². The van der Waals surface area contributed by atoms with Crippen molar-refractivity contribution in [2.24, 2.45) is 5.84 Å². The molecule has 1 aromatic heterocycles. The van der Waals surface area contributed by atoms with Gasteiger partial charge in [-0.05, 0) is 42.3 Å². The summed E-state index contributed by atoms with van der Waals surface area (Å²) in [6.07, 6.45) is 3.52. The average molecular weight is 243 g/mol. The van der Waals surface area contributed by atoms with Crippen molar-refractivity contribution in [2.45, 2.75) is 13.0 Å². The topological polar surface area (TPSA) is 60.2 Å². The fourth-order valence-corrected chi connectivity index (χ4v) is 1.86. The molecular weight excluding hydrogens is 226 g/mol. The number of nitrogens with two attached hydrogens (primary N) is 1. The van der Waals surface area contributed by atoms with Gasteiger partial charge in [0.25, 0.3) is 0 Å². The Bertz CT molecular complexity index is 470. The first-order valence-corrected chi connectivity index (χ1v) is 5.94. The molecule has 0 radical (unpaired) electrons. The largest absolute Gasteiger partial charge is 0.494 e. The van der Waals surface area contributed by atoms with Crippen molar-refractivity contribution in [1.82, 2.24) is 10.4 Å². The zero-order chi connectivity index (χ0) is 12.8. The molecule has 4 nitrogen and oxygen atoms in total. The van der Waals surface area contributed by atoms with Crippen molar-refractivity contribution in [3.05, 3.63) is 59.9 Å². The monoisotopic (exact) mass is 243 g/mol. The van der Waals surface area contributed by atoms with Crippen LogP contribution < -0.4 is 16.0 Å². The van der Waals surface area contributed by atoms with Gasteiger partial charge in [-0.1, -0.05) is 12.1 Å². The minimum absolute atomic E-state index is 0.0383. The molecule has 4 heteroatoms. The number of hydrogen-bond donors (Lipinski definition) is 2. The van der Waals surface area contributed by atoms with Crippen molar-refractivity contribution in [1.29, 1.82) is 0 Å². The summed E-state index contributed by atoms with van der Waals surface area (Å²) in [7, 11) is 0. The molecule has 0 amide bonds. The van der Waals surface area contributed by atoms with Crippen LogP contribution in [0.4, 0.5) is 0 Å². The summed E-state index contributed by atoms with van der Waals surface area (Å²) in [5.41, 5.74) is 4.99. The number of hydrogen-bond acceptors (Lipinski definition) is 4. The maximum Gasteiger partial charge on any atom is 0.119 e. The minimum Gasteiger partial charge on any atom is -0.494 e. The van der Waals surface area contributed by atoms with Crippen LogP contribution in [0.2, 0.25) is 0 Å². The quantitative estimate of drug-likeness (QED) is 0.623. The zero-order valence-corrected chi connectivity index (χ0v) is 10.3. The summed E-state index contributed by atoms with van der Waals surface area (Å²) >= 11 is 0. The van der Waals surface area contributed by atoms with Crippen LogP contribution in [0.5, 0.6) is 5.75 Å².